The Labute approximate surface area is 253 Å². The number of alkyl halides is 2. The highest BCUT2D eigenvalue weighted by atomic mass is 35.5. The normalized spacial score (nSPS) is 16.0. The Hall–Kier alpha value is -2.72. The average Bonchev–Trinajstić information content (AvgIpc) is 3.50. The second kappa shape index (κ2) is 13.3. The maximum atomic E-state index is 14.4. The van der Waals surface area contributed by atoms with Gasteiger partial charge in [-0.25, -0.2) is 0 Å². The van der Waals surface area contributed by atoms with Crippen LogP contribution in [0.1, 0.15) is 6.42 Å². The highest BCUT2D eigenvalue weighted by Gasteiger charge is 2.50. The van der Waals surface area contributed by atoms with Gasteiger partial charge in [0.05, 0.1) is 52.4 Å². The third kappa shape index (κ3) is 6.28. The minimum absolute atomic E-state index is 0.0595. The summed E-state index contributed by atoms with van der Waals surface area (Å²) in [7, 11) is 2.03. The number of para-hydroxylation sites is 3. The van der Waals surface area contributed by atoms with Crippen LogP contribution >= 0.6 is 34.8 Å². The number of nitrogens with one attached hydrogen (secondary N) is 3. The van der Waals surface area contributed by atoms with Crippen molar-refractivity contribution in [3.63, 3.8) is 0 Å². The number of nitrogens with zero attached hydrogens (tertiary/aromatic N) is 3. The molecular weight excluding hydrogens is 591 g/mol. The maximum absolute atomic E-state index is 14.4. The lowest BCUT2D eigenvalue weighted by atomic mass is 10.2. The number of likely N-dealkylation sites (N-methyl/N-ethyl adjacent to an activating group) is 1. The van der Waals surface area contributed by atoms with Gasteiger partial charge in [-0.1, -0.05) is 29.8 Å². The van der Waals surface area contributed by atoms with Crippen molar-refractivity contribution in [3.05, 3.63) is 65.9 Å². The number of fused-ring (bicyclic) bond motifs is 1. The lowest BCUT2D eigenvalue weighted by Gasteiger charge is -2.37. The summed E-state index contributed by atoms with van der Waals surface area (Å²) < 4.78 is 1.77. The first kappa shape index (κ1) is 30.2. The Morgan fingerprint density at radius 2 is 1.75 bits per heavy atom. The molecule has 2 aromatic carbocycles. The summed E-state index contributed by atoms with van der Waals surface area (Å²) in [6, 6.07) is 14.9. The molecule has 1 unspecified atom stereocenters. The van der Waals surface area contributed by atoms with Crippen LogP contribution in [0.2, 0.25) is 5.02 Å². The molecule has 8 nitrogen and oxygen atoms in total. The summed E-state index contributed by atoms with van der Waals surface area (Å²) in [4.78, 5) is 30.8. The number of carbonyl (C=O) groups is 2. The van der Waals surface area contributed by atoms with E-state index in [0.717, 1.165) is 17.1 Å². The van der Waals surface area contributed by atoms with Crippen LogP contribution < -0.4 is 25.8 Å². The summed E-state index contributed by atoms with van der Waals surface area (Å²) in [5.41, 5.74) is 3.45. The molecule has 0 aliphatic carbocycles. The molecule has 0 bridgehead atoms. The smallest absolute Gasteiger partial charge is 0.293 e. The van der Waals surface area contributed by atoms with Crippen LogP contribution in [0.25, 0.3) is 0 Å². The van der Waals surface area contributed by atoms with E-state index < -0.39 is 5.79 Å². The van der Waals surface area contributed by atoms with Gasteiger partial charge in [-0.3, -0.25) is 9.59 Å². The fraction of sp³-hybridized carbons (Fsp3) is 0.357. The summed E-state index contributed by atoms with van der Waals surface area (Å²) in [5, 5.41) is 9.98. The number of rotatable bonds is 12. The van der Waals surface area contributed by atoms with E-state index in [1.165, 1.54) is 0 Å². The Balaban J connectivity index is 1.71. The molecule has 4 rings (SSSR count). The van der Waals surface area contributed by atoms with Crippen molar-refractivity contribution in [2.24, 2.45) is 0 Å². The largest absolute Gasteiger partial charge is 0.366 e. The minimum Gasteiger partial charge on any atom is -0.366 e. The molecule has 3 aromatic rings. The third-order valence-corrected chi connectivity index (χ3v) is 8.39. The van der Waals surface area contributed by atoms with Gasteiger partial charge in [0.2, 0.25) is 5.91 Å². The number of aromatic nitrogens is 1. The number of anilines is 5. The van der Waals surface area contributed by atoms with Crippen molar-refractivity contribution in [2.75, 3.05) is 75.9 Å². The maximum Gasteiger partial charge on any atom is 0.293 e. The summed E-state index contributed by atoms with van der Waals surface area (Å²) in [5.74, 6) is -0.222. The van der Waals surface area contributed by atoms with E-state index >= 15 is 0 Å². The highest BCUT2D eigenvalue weighted by Crippen LogP contribution is 2.43. The fourth-order valence-corrected chi connectivity index (χ4v) is 6.06. The molecule has 3 N–H and O–H groups in total. The SMILES string of the molecule is CN1c2ccccc2NC1(C(=O)Nc1cccc(Cl)c1N(CCCl)CCCl)n1ccc(NC(=O)CC[S+](C)C)c1. The van der Waals surface area contributed by atoms with Crippen molar-refractivity contribution in [2.45, 2.75) is 12.2 Å². The first-order valence-electron chi connectivity index (χ1n) is 12.8. The lowest BCUT2D eigenvalue weighted by Crippen LogP contribution is -2.59. The van der Waals surface area contributed by atoms with E-state index in [0.29, 0.717) is 53.4 Å². The number of carbonyl (C=O) groups excluding carboxylic acids is 2. The quantitative estimate of drug-likeness (QED) is 0.185. The second-order valence-corrected chi connectivity index (χ2v) is 13.2. The molecule has 40 heavy (non-hydrogen) atoms. The lowest BCUT2D eigenvalue weighted by molar-refractivity contribution is -0.123. The molecule has 0 saturated heterocycles. The van der Waals surface area contributed by atoms with Crippen LogP contribution in [-0.2, 0) is 26.3 Å². The molecule has 0 fully saturated rings. The predicted octanol–water partition coefficient (Wildman–Crippen LogP) is 5.44. The Morgan fingerprint density at radius 3 is 2.42 bits per heavy atom. The minimum atomic E-state index is -1.38. The van der Waals surface area contributed by atoms with Gasteiger partial charge in [0, 0.05) is 44.3 Å². The number of hydrogen-bond donors (Lipinski definition) is 3. The zero-order valence-electron chi connectivity index (χ0n) is 22.7. The van der Waals surface area contributed by atoms with Crippen molar-refractivity contribution >= 4 is 85.9 Å². The number of halogens is 3. The molecule has 0 radical (unpaired) electrons. The molecule has 214 valence electrons. The van der Waals surface area contributed by atoms with Crippen molar-refractivity contribution in [1.82, 2.24) is 4.57 Å². The van der Waals surface area contributed by atoms with Crippen LogP contribution in [0.15, 0.2) is 60.9 Å². The molecule has 2 heterocycles. The van der Waals surface area contributed by atoms with Gasteiger partial charge in [0.15, 0.2) is 0 Å². The molecule has 12 heteroatoms. The summed E-state index contributed by atoms with van der Waals surface area (Å²) >= 11 is 18.8. The monoisotopic (exact) mass is 623 g/mol. The zero-order valence-corrected chi connectivity index (χ0v) is 25.8. The third-order valence-electron chi connectivity index (χ3n) is 6.72. The van der Waals surface area contributed by atoms with Crippen LogP contribution in [0.3, 0.4) is 0 Å². The van der Waals surface area contributed by atoms with Gasteiger partial charge in [-0.05, 0) is 41.2 Å². The Bertz CT molecular complexity index is 1350. The Kier molecular flexibility index (Phi) is 10.1. The molecular formula is C28H34Cl3N6O2S+. The average molecular weight is 625 g/mol. The number of hydrogen-bond acceptors (Lipinski definition) is 5. The van der Waals surface area contributed by atoms with Gasteiger partial charge in [0.25, 0.3) is 11.7 Å². The zero-order chi connectivity index (χ0) is 28.9. The van der Waals surface area contributed by atoms with E-state index in [1.807, 2.05) is 41.1 Å². The first-order valence-corrected chi connectivity index (χ1v) is 16.5. The second-order valence-electron chi connectivity index (χ2n) is 9.62. The van der Waals surface area contributed by atoms with Crippen molar-refractivity contribution < 1.29 is 9.59 Å². The van der Waals surface area contributed by atoms with Crippen molar-refractivity contribution in [1.29, 1.82) is 0 Å². The fourth-order valence-electron chi connectivity index (χ4n) is 4.76. The van der Waals surface area contributed by atoms with E-state index in [4.69, 9.17) is 34.8 Å². The van der Waals surface area contributed by atoms with Gasteiger partial charge < -0.3 is 30.3 Å². The topological polar surface area (TPSA) is 81.6 Å². The molecule has 0 spiro atoms. The Morgan fingerprint density at radius 1 is 1.02 bits per heavy atom. The molecule has 1 aliphatic rings. The van der Waals surface area contributed by atoms with Crippen molar-refractivity contribution in [3.8, 4) is 0 Å². The standard InChI is InChI=1S/C28H33Cl3N6O2S/c1-35-24-10-5-4-8-22(24)34-28(35,37-15-11-20(19-37)32-25(38)12-18-40(2)3)27(39)33-23-9-6-7-21(31)26(23)36(16-13-29)17-14-30/h4-11,15,19,34H,12-14,16-18H2,1-3H3,(H-,32,33,38,39)/p+1. The summed E-state index contributed by atoms with van der Waals surface area (Å²) in [6.07, 6.45) is 8.20. The number of benzene rings is 2. The van der Waals surface area contributed by atoms with Crippen LogP contribution in [0.4, 0.5) is 28.4 Å². The van der Waals surface area contributed by atoms with Crippen LogP contribution in [-0.4, -0.2) is 66.5 Å². The van der Waals surface area contributed by atoms with Gasteiger partial charge in [0.1, 0.15) is 5.75 Å². The molecule has 0 saturated carbocycles. The van der Waals surface area contributed by atoms with E-state index in [2.05, 4.69) is 28.5 Å². The van der Waals surface area contributed by atoms with E-state index in [-0.39, 0.29) is 22.7 Å². The molecule has 1 aliphatic heterocycles. The summed E-state index contributed by atoms with van der Waals surface area (Å²) in [6.45, 7) is 1.02. The van der Waals surface area contributed by atoms with E-state index in [1.54, 1.807) is 41.2 Å². The highest BCUT2D eigenvalue weighted by molar-refractivity contribution is 7.95. The molecule has 1 atom stereocenters. The molecule has 2 amide bonds. The number of amides is 2. The van der Waals surface area contributed by atoms with Gasteiger partial charge in [-0.15, -0.1) is 23.2 Å². The first-order chi connectivity index (χ1) is 19.2. The van der Waals surface area contributed by atoms with Crippen LogP contribution in [0, 0.1) is 0 Å². The van der Waals surface area contributed by atoms with Gasteiger partial charge in [-0.2, -0.15) is 0 Å². The van der Waals surface area contributed by atoms with Gasteiger partial charge >= 0.3 is 0 Å². The van der Waals surface area contributed by atoms with Crippen LogP contribution in [0.5, 0.6) is 0 Å². The predicted molar refractivity (Wildman–Crippen MR) is 172 cm³/mol. The van der Waals surface area contributed by atoms with E-state index in [9.17, 15) is 9.59 Å². The molecule has 1 aromatic heterocycles.